The molecule has 110 valence electrons. The van der Waals surface area contributed by atoms with Gasteiger partial charge in [0.2, 0.25) is 0 Å². The molecule has 2 rings (SSSR count). The minimum Gasteiger partial charge on any atom is -0.394 e. The molecule has 1 aromatic rings. The summed E-state index contributed by atoms with van der Waals surface area (Å²) < 4.78 is 5.73. The van der Waals surface area contributed by atoms with Crippen LogP contribution in [-0.2, 0) is 11.3 Å². The highest BCUT2D eigenvalue weighted by Crippen LogP contribution is 2.51. The number of rotatable bonds is 6. The van der Waals surface area contributed by atoms with E-state index in [9.17, 15) is 5.11 Å². The molecule has 2 unspecified atom stereocenters. The zero-order valence-corrected chi connectivity index (χ0v) is 13.1. The number of ether oxygens (including phenoxy) is 1. The lowest BCUT2D eigenvalue weighted by molar-refractivity contribution is -0.177. The van der Waals surface area contributed by atoms with Gasteiger partial charge >= 0.3 is 0 Å². The molecule has 1 aliphatic rings. The van der Waals surface area contributed by atoms with Crippen LogP contribution in [-0.4, -0.2) is 30.0 Å². The van der Waals surface area contributed by atoms with E-state index in [4.69, 9.17) is 10.00 Å². The fraction of sp³-hybridized carbons (Fsp3) is 0.667. The van der Waals surface area contributed by atoms with E-state index in [0.717, 1.165) is 11.3 Å². The molecule has 5 heteroatoms. The fourth-order valence-corrected chi connectivity index (χ4v) is 3.64. The standard InChI is InChI=1S/C15H22N2O2S/c1-4-19-13-6-15(10-18,14(13,2)3)17-8-12-5-11(7-16)9-20-12/h5,9,13,17-18H,4,6,8,10H2,1-3H3. The molecule has 0 saturated heterocycles. The minimum atomic E-state index is -0.302. The van der Waals surface area contributed by atoms with E-state index >= 15 is 0 Å². The summed E-state index contributed by atoms with van der Waals surface area (Å²) in [6.45, 7) is 7.74. The summed E-state index contributed by atoms with van der Waals surface area (Å²) in [6, 6.07) is 4.04. The Hall–Kier alpha value is -0.930. The van der Waals surface area contributed by atoms with Gasteiger partial charge in [-0.05, 0) is 19.4 Å². The second-order valence-corrected chi connectivity index (χ2v) is 6.87. The van der Waals surface area contributed by atoms with Gasteiger partial charge in [-0.3, -0.25) is 0 Å². The van der Waals surface area contributed by atoms with Crippen LogP contribution in [0, 0.1) is 16.7 Å². The fourth-order valence-electron chi connectivity index (χ4n) is 2.89. The molecule has 2 atom stereocenters. The van der Waals surface area contributed by atoms with Gasteiger partial charge < -0.3 is 15.2 Å². The van der Waals surface area contributed by atoms with Crippen LogP contribution in [0.4, 0.5) is 0 Å². The zero-order valence-electron chi connectivity index (χ0n) is 12.3. The number of hydrogen-bond donors (Lipinski definition) is 2. The lowest BCUT2D eigenvalue weighted by Crippen LogP contribution is -2.73. The van der Waals surface area contributed by atoms with E-state index in [1.54, 1.807) is 11.3 Å². The topological polar surface area (TPSA) is 65.3 Å². The largest absolute Gasteiger partial charge is 0.394 e. The third-order valence-corrected chi connectivity index (χ3v) is 5.53. The molecule has 0 amide bonds. The molecule has 0 spiro atoms. The van der Waals surface area contributed by atoms with E-state index in [1.807, 2.05) is 18.4 Å². The Morgan fingerprint density at radius 2 is 2.35 bits per heavy atom. The van der Waals surface area contributed by atoms with Gasteiger partial charge in [-0.25, -0.2) is 0 Å². The molecule has 1 heterocycles. The van der Waals surface area contributed by atoms with Crippen molar-refractivity contribution in [3.8, 4) is 6.07 Å². The summed E-state index contributed by atoms with van der Waals surface area (Å²) in [7, 11) is 0. The first-order valence-electron chi connectivity index (χ1n) is 6.94. The van der Waals surface area contributed by atoms with Crippen molar-refractivity contribution in [2.45, 2.75) is 45.4 Å². The normalized spacial score (nSPS) is 27.9. The van der Waals surface area contributed by atoms with Crippen molar-refractivity contribution in [1.29, 1.82) is 5.26 Å². The van der Waals surface area contributed by atoms with Crippen LogP contribution in [0.2, 0.25) is 0 Å². The maximum absolute atomic E-state index is 9.82. The van der Waals surface area contributed by atoms with Crippen molar-refractivity contribution in [2.75, 3.05) is 13.2 Å². The van der Waals surface area contributed by atoms with Gasteiger partial charge in [0.05, 0.1) is 23.8 Å². The number of hydrogen-bond acceptors (Lipinski definition) is 5. The number of nitriles is 1. The van der Waals surface area contributed by atoms with Gasteiger partial charge in [0.1, 0.15) is 6.07 Å². The summed E-state index contributed by atoms with van der Waals surface area (Å²) >= 11 is 1.57. The minimum absolute atomic E-state index is 0.0973. The van der Waals surface area contributed by atoms with E-state index in [2.05, 4.69) is 25.2 Å². The van der Waals surface area contributed by atoms with Crippen molar-refractivity contribution >= 4 is 11.3 Å². The SMILES string of the molecule is CCOC1CC(CO)(NCc2cc(C#N)cs2)C1(C)C. The van der Waals surface area contributed by atoms with Gasteiger partial charge in [0.25, 0.3) is 0 Å². The molecule has 0 aromatic carbocycles. The average Bonchev–Trinajstić information content (AvgIpc) is 2.90. The van der Waals surface area contributed by atoms with Gasteiger partial charge in [-0.1, -0.05) is 13.8 Å². The Morgan fingerprint density at radius 3 is 2.85 bits per heavy atom. The summed E-state index contributed by atoms with van der Waals surface area (Å²) in [4.78, 5) is 1.12. The molecule has 0 radical (unpaired) electrons. The second-order valence-electron chi connectivity index (χ2n) is 5.88. The number of thiophene rings is 1. The summed E-state index contributed by atoms with van der Waals surface area (Å²) in [5.41, 5.74) is 0.293. The Labute approximate surface area is 124 Å². The highest BCUT2D eigenvalue weighted by Gasteiger charge is 2.60. The lowest BCUT2D eigenvalue weighted by Gasteiger charge is -2.60. The molecule has 1 fully saturated rings. The van der Waals surface area contributed by atoms with Crippen molar-refractivity contribution in [3.63, 3.8) is 0 Å². The predicted molar refractivity (Wildman–Crippen MR) is 79.5 cm³/mol. The van der Waals surface area contributed by atoms with E-state index < -0.39 is 0 Å². The number of aliphatic hydroxyl groups excluding tert-OH is 1. The molecule has 2 N–H and O–H groups in total. The van der Waals surface area contributed by atoms with Gasteiger partial charge in [-0.15, -0.1) is 11.3 Å². The molecule has 1 saturated carbocycles. The number of nitrogens with zero attached hydrogens (tertiary/aromatic N) is 1. The van der Waals surface area contributed by atoms with Crippen LogP contribution in [0.15, 0.2) is 11.4 Å². The Kier molecular flexibility index (Phi) is 4.50. The smallest absolute Gasteiger partial charge is 0.100 e. The molecular weight excluding hydrogens is 272 g/mol. The van der Waals surface area contributed by atoms with E-state index in [1.165, 1.54) is 0 Å². The number of aliphatic hydroxyl groups is 1. The zero-order chi connectivity index (χ0) is 14.8. The Balaban J connectivity index is 2.01. The molecule has 20 heavy (non-hydrogen) atoms. The Morgan fingerprint density at radius 1 is 1.60 bits per heavy atom. The van der Waals surface area contributed by atoms with Crippen molar-refractivity contribution in [3.05, 3.63) is 21.9 Å². The van der Waals surface area contributed by atoms with Crippen molar-refractivity contribution in [1.82, 2.24) is 5.32 Å². The third kappa shape index (κ3) is 2.49. The maximum Gasteiger partial charge on any atom is 0.100 e. The molecular formula is C15H22N2O2S. The molecule has 1 aliphatic carbocycles. The second kappa shape index (κ2) is 5.82. The quantitative estimate of drug-likeness (QED) is 0.845. The summed E-state index contributed by atoms with van der Waals surface area (Å²) in [5, 5.41) is 24.0. The van der Waals surface area contributed by atoms with Crippen LogP contribution in [0.25, 0.3) is 0 Å². The van der Waals surface area contributed by atoms with Crippen molar-refractivity contribution < 1.29 is 9.84 Å². The molecule has 0 bridgehead atoms. The summed E-state index contributed by atoms with van der Waals surface area (Å²) in [6.07, 6.45) is 1.01. The van der Waals surface area contributed by atoms with Gasteiger partial charge in [0.15, 0.2) is 0 Å². The van der Waals surface area contributed by atoms with Crippen LogP contribution in [0.1, 0.15) is 37.6 Å². The van der Waals surface area contributed by atoms with Crippen LogP contribution in [0.3, 0.4) is 0 Å². The highest BCUT2D eigenvalue weighted by atomic mass is 32.1. The highest BCUT2D eigenvalue weighted by molar-refractivity contribution is 7.10. The Bertz CT molecular complexity index is 506. The first-order chi connectivity index (χ1) is 9.49. The number of nitrogens with one attached hydrogen (secondary N) is 1. The van der Waals surface area contributed by atoms with Crippen LogP contribution >= 0.6 is 11.3 Å². The first kappa shape index (κ1) is 15.5. The van der Waals surface area contributed by atoms with E-state index in [0.29, 0.717) is 18.7 Å². The molecule has 0 aliphatic heterocycles. The predicted octanol–water partition coefficient (Wildman–Crippen LogP) is 2.28. The first-order valence-corrected chi connectivity index (χ1v) is 7.82. The van der Waals surface area contributed by atoms with Crippen molar-refractivity contribution in [2.24, 2.45) is 5.41 Å². The monoisotopic (exact) mass is 294 g/mol. The molecule has 4 nitrogen and oxygen atoms in total. The maximum atomic E-state index is 9.82. The van der Waals surface area contributed by atoms with Crippen LogP contribution < -0.4 is 5.32 Å². The van der Waals surface area contributed by atoms with E-state index in [-0.39, 0.29) is 23.7 Å². The van der Waals surface area contributed by atoms with Gasteiger partial charge in [0, 0.05) is 28.8 Å². The summed E-state index contributed by atoms with van der Waals surface area (Å²) in [5.74, 6) is 0. The third-order valence-electron chi connectivity index (χ3n) is 4.59. The lowest BCUT2D eigenvalue weighted by atomic mass is 9.54. The average molecular weight is 294 g/mol. The van der Waals surface area contributed by atoms with Gasteiger partial charge in [-0.2, -0.15) is 5.26 Å². The van der Waals surface area contributed by atoms with Crippen LogP contribution in [0.5, 0.6) is 0 Å². The molecule has 1 aromatic heterocycles.